The van der Waals surface area contributed by atoms with E-state index in [-0.39, 0.29) is 0 Å². The number of aromatic nitrogens is 1. The molecule has 0 bridgehead atoms. The Morgan fingerprint density at radius 3 is 1.96 bits per heavy atom. The zero-order valence-electron chi connectivity index (χ0n) is 16.8. The highest BCUT2D eigenvalue weighted by Crippen LogP contribution is 2.09. The van der Waals surface area contributed by atoms with Crippen LogP contribution in [0, 0.1) is 12.8 Å². The second kappa shape index (κ2) is 18.7. The van der Waals surface area contributed by atoms with Crippen molar-refractivity contribution in [1.82, 2.24) is 4.98 Å². The number of pyridine rings is 1. The number of halogens is 1. The summed E-state index contributed by atoms with van der Waals surface area (Å²) in [6.07, 6.45) is 6.03. The summed E-state index contributed by atoms with van der Waals surface area (Å²) in [5, 5.41) is 0.560. The fourth-order valence-electron chi connectivity index (χ4n) is 1.89. The maximum Gasteiger partial charge on any atom is 0.129 e. The van der Waals surface area contributed by atoms with Crippen molar-refractivity contribution in [1.29, 1.82) is 0 Å². The summed E-state index contributed by atoms with van der Waals surface area (Å²) in [7, 11) is 0. The van der Waals surface area contributed by atoms with Gasteiger partial charge in [0.15, 0.2) is 0 Å². The molecule has 142 valence electrons. The van der Waals surface area contributed by atoms with E-state index in [9.17, 15) is 0 Å². The molecule has 2 saturated heterocycles. The Balaban J connectivity index is 0. The number of hydrogen-bond acceptors (Lipinski definition) is 3. The molecule has 1 aromatic rings. The highest BCUT2D eigenvalue weighted by atomic mass is 35.5. The van der Waals surface area contributed by atoms with Crippen molar-refractivity contribution in [3.63, 3.8) is 0 Å². The van der Waals surface area contributed by atoms with Gasteiger partial charge in [0.2, 0.25) is 0 Å². The van der Waals surface area contributed by atoms with E-state index in [1.54, 1.807) is 6.20 Å². The topological polar surface area (TPSA) is 31.4 Å². The van der Waals surface area contributed by atoms with Crippen LogP contribution in [0.5, 0.6) is 0 Å². The third-order valence-electron chi connectivity index (χ3n) is 3.20. The molecule has 0 amide bonds. The van der Waals surface area contributed by atoms with Crippen molar-refractivity contribution in [3.05, 3.63) is 29.0 Å². The molecular formula is C20H38ClNO2. The van der Waals surface area contributed by atoms with Crippen molar-refractivity contribution in [3.8, 4) is 0 Å². The molecule has 0 N–H and O–H groups in total. The smallest absolute Gasteiger partial charge is 0.129 e. The SMILES string of the molecule is CC.CC.CC1CCCO1.CC1CCOC1.Cc1ccnc(Cl)c1. The van der Waals surface area contributed by atoms with Crippen molar-refractivity contribution in [2.24, 2.45) is 5.92 Å². The molecule has 2 aliphatic heterocycles. The highest BCUT2D eigenvalue weighted by Gasteiger charge is 2.08. The Morgan fingerprint density at radius 2 is 1.75 bits per heavy atom. The molecule has 0 radical (unpaired) electrons. The molecule has 3 heterocycles. The lowest BCUT2D eigenvalue weighted by Crippen LogP contribution is -1.94. The fraction of sp³-hybridized carbons (Fsp3) is 0.750. The molecule has 0 aromatic carbocycles. The number of ether oxygens (including phenoxy) is 2. The number of rotatable bonds is 0. The first kappa shape index (κ1) is 25.6. The van der Waals surface area contributed by atoms with E-state index >= 15 is 0 Å². The van der Waals surface area contributed by atoms with Gasteiger partial charge in [0.1, 0.15) is 5.15 Å². The largest absolute Gasteiger partial charge is 0.381 e. The van der Waals surface area contributed by atoms with Crippen LogP contribution < -0.4 is 0 Å². The van der Waals surface area contributed by atoms with E-state index in [2.05, 4.69) is 18.8 Å². The first-order valence-corrected chi connectivity index (χ1v) is 9.73. The Hall–Kier alpha value is -0.640. The van der Waals surface area contributed by atoms with Gasteiger partial charge in [-0.2, -0.15) is 0 Å². The maximum absolute atomic E-state index is 5.53. The van der Waals surface area contributed by atoms with Crippen LogP contribution in [0.15, 0.2) is 18.3 Å². The Labute approximate surface area is 155 Å². The lowest BCUT2D eigenvalue weighted by Gasteiger charge is -1.94. The molecule has 2 atom stereocenters. The maximum atomic E-state index is 5.53. The molecule has 0 saturated carbocycles. The summed E-state index contributed by atoms with van der Waals surface area (Å²) in [4.78, 5) is 3.81. The number of aryl methyl sites for hydroxylation is 1. The molecule has 2 aliphatic rings. The lowest BCUT2D eigenvalue weighted by molar-refractivity contribution is 0.125. The standard InChI is InChI=1S/C6H6ClN.2C5H10O.2C2H6/c1-5-2-3-8-6(7)4-5;1-5-2-3-6-4-5;1-5-3-2-4-6-5;2*1-2/h2-4H,1H3;2*5H,2-4H2,1H3;2*1-2H3. The Kier molecular flexibility index (Phi) is 19.9. The summed E-state index contributed by atoms with van der Waals surface area (Å²) >= 11 is 5.53. The summed E-state index contributed by atoms with van der Waals surface area (Å²) in [6.45, 7) is 17.3. The molecule has 0 spiro atoms. The fourth-order valence-corrected chi connectivity index (χ4v) is 2.12. The third-order valence-corrected chi connectivity index (χ3v) is 3.40. The summed E-state index contributed by atoms with van der Waals surface area (Å²) in [5.74, 6) is 0.824. The minimum absolute atomic E-state index is 0.546. The van der Waals surface area contributed by atoms with E-state index in [1.165, 1.54) is 19.3 Å². The van der Waals surface area contributed by atoms with Crippen LogP contribution in [0.1, 0.15) is 66.4 Å². The average Bonchev–Trinajstić information content (AvgIpc) is 3.26. The lowest BCUT2D eigenvalue weighted by atomic mass is 10.2. The highest BCUT2D eigenvalue weighted by molar-refractivity contribution is 6.29. The second-order valence-electron chi connectivity index (χ2n) is 5.45. The normalized spacial score (nSPS) is 20.8. The van der Waals surface area contributed by atoms with Crippen LogP contribution in [0.2, 0.25) is 5.15 Å². The van der Waals surface area contributed by atoms with Crippen molar-refractivity contribution >= 4 is 11.6 Å². The van der Waals surface area contributed by atoms with Crippen molar-refractivity contribution in [2.45, 2.75) is 73.8 Å². The predicted octanol–water partition coefficient (Wildman–Crippen LogP) is 6.32. The Morgan fingerprint density at radius 1 is 1.08 bits per heavy atom. The minimum atomic E-state index is 0.546. The van der Waals surface area contributed by atoms with Gasteiger partial charge in [0.05, 0.1) is 6.10 Å². The van der Waals surface area contributed by atoms with E-state index in [4.69, 9.17) is 21.1 Å². The van der Waals surface area contributed by atoms with Gasteiger partial charge in [-0.25, -0.2) is 4.98 Å². The van der Waals surface area contributed by atoms with Crippen molar-refractivity contribution < 1.29 is 9.47 Å². The van der Waals surface area contributed by atoms with Gasteiger partial charge in [-0.15, -0.1) is 0 Å². The van der Waals surface area contributed by atoms with E-state index in [0.29, 0.717) is 11.3 Å². The van der Waals surface area contributed by atoms with E-state index < -0.39 is 0 Å². The molecule has 2 unspecified atom stereocenters. The summed E-state index contributed by atoms with van der Waals surface area (Å²) < 4.78 is 10.2. The predicted molar refractivity (Wildman–Crippen MR) is 106 cm³/mol. The number of nitrogens with zero attached hydrogens (tertiary/aromatic N) is 1. The molecule has 4 heteroatoms. The van der Waals surface area contributed by atoms with E-state index in [0.717, 1.165) is 31.3 Å². The van der Waals surface area contributed by atoms with Gasteiger partial charge in [-0.05, 0) is 56.7 Å². The zero-order valence-corrected chi connectivity index (χ0v) is 17.5. The van der Waals surface area contributed by atoms with Crippen LogP contribution >= 0.6 is 11.6 Å². The molecular weight excluding hydrogens is 322 g/mol. The monoisotopic (exact) mass is 359 g/mol. The summed E-state index contributed by atoms with van der Waals surface area (Å²) in [6, 6.07) is 3.73. The minimum Gasteiger partial charge on any atom is -0.381 e. The second-order valence-corrected chi connectivity index (χ2v) is 5.84. The van der Waals surface area contributed by atoms with Crippen molar-refractivity contribution in [2.75, 3.05) is 19.8 Å². The van der Waals surface area contributed by atoms with Crippen LogP contribution in [0.25, 0.3) is 0 Å². The van der Waals surface area contributed by atoms with Gasteiger partial charge in [-0.3, -0.25) is 0 Å². The van der Waals surface area contributed by atoms with Crippen LogP contribution in [-0.2, 0) is 9.47 Å². The molecule has 3 rings (SSSR count). The first-order valence-electron chi connectivity index (χ1n) is 9.35. The first-order chi connectivity index (χ1) is 11.6. The van der Waals surface area contributed by atoms with Crippen LogP contribution in [0.4, 0.5) is 0 Å². The average molecular weight is 360 g/mol. The number of hydrogen-bond donors (Lipinski definition) is 0. The third kappa shape index (κ3) is 16.2. The molecule has 1 aromatic heterocycles. The Bertz CT molecular complexity index is 331. The molecule has 0 aliphatic carbocycles. The van der Waals surface area contributed by atoms with Gasteiger partial charge in [0.25, 0.3) is 0 Å². The molecule has 24 heavy (non-hydrogen) atoms. The quantitative estimate of drug-likeness (QED) is 0.507. The molecule has 2 fully saturated rings. The molecule has 3 nitrogen and oxygen atoms in total. The van der Waals surface area contributed by atoms with E-state index in [1.807, 2.05) is 46.8 Å². The van der Waals surface area contributed by atoms with Gasteiger partial charge in [0, 0.05) is 26.0 Å². The zero-order chi connectivity index (χ0) is 18.8. The van der Waals surface area contributed by atoms with Gasteiger partial charge in [-0.1, -0.05) is 46.2 Å². The van der Waals surface area contributed by atoms with Crippen LogP contribution in [0.3, 0.4) is 0 Å². The van der Waals surface area contributed by atoms with Gasteiger partial charge >= 0.3 is 0 Å². The van der Waals surface area contributed by atoms with Crippen LogP contribution in [-0.4, -0.2) is 30.9 Å². The van der Waals surface area contributed by atoms with Gasteiger partial charge < -0.3 is 9.47 Å². The summed E-state index contributed by atoms with van der Waals surface area (Å²) in [5.41, 5.74) is 1.14.